The third-order valence-electron chi connectivity index (χ3n) is 2.39. The molecule has 0 saturated carbocycles. The average molecular weight is 223 g/mol. The highest BCUT2D eigenvalue weighted by molar-refractivity contribution is 5.33. The van der Waals surface area contributed by atoms with E-state index in [-0.39, 0.29) is 0 Å². The lowest BCUT2D eigenvalue weighted by atomic mass is 10.1. The quantitative estimate of drug-likeness (QED) is 0.682. The lowest BCUT2D eigenvalue weighted by Crippen LogP contribution is -2.22. The fraction of sp³-hybridized carbons (Fsp3) is 0.538. The van der Waals surface area contributed by atoms with Gasteiger partial charge in [-0.1, -0.05) is 18.2 Å². The largest absolute Gasteiger partial charge is 0.496 e. The molecule has 0 aliphatic carbocycles. The fourth-order valence-corrected chi connectivity index (χ4v) is 1.55. The predicted octanol–water partition coefficient (Wildman–Crippen LogP) is 1.86. The second-order valence-corrected chi connectivity index (χ2v) is 3.51. The van der Waals surface area contributed by atoms with Crippen LogP contribution in [0.25, 0.3) is 0 Å². The van der Waals surface area contributed by atoms with Crippen LogP contribution in [0.4, 0.5) is 0 Å². The summed E-state index contributed by atoms with van der Waals surface area (Å²) in [6, 6.07) is 8.13. The minimum atomic E-state index is 0.780. The van der Waals surface area contributed by atoms with Gasteiger partial charge in [0, 0.05) is 13.2 Å². The van der Waals surface area contributed by atoms with Crippen LogP contribution in [0.15, 0.2) is 24.3 Å². The molecule has 1 rings (SSSR count). The fourth-order valence-electron chi connectivity index (χ4n) is 1.55. The Hall–Kier alpha value is -1.06. The molecule has 0 atom stereocenters. The molecular weight excluding hydrogens is 202 g/mol. The van der Waals surface area contributed by atoms with E-state index in [2.05, 4.69) is 11.4 Å². The standard InChI is InChI=1S/C13H21NO2/c1-3-16-11-10-14-9-8-12-6-4-5-7-13(12)15-2/h4-7,14H,3,8-11H2,1-2H3. The summed E-state index contributed by atoms with van der Waals surface area (Å²) < 4.78 is 10.5. The van der Waals surface area contributed by atoms with Crippen LogP contribution in [-0.2, 0) is 11.2 Å². The van der Waals surface area contributed by atoms with Crippen molar-refractivity contribution >= 4 is 0 Å². The number of rotatable bonds is 8. The summed E-state index contributed by atoms with van der Waals surface area (Å²) in [5.41, 5.74) is 1.24. The zero-order chi connectivity index (χ0) is 11.6. The molecule has 0 heterocycles. The van der Waals surface area contributed by atoms with Gasteiger partial charge in [-0.15, -0.1) is 0 Å². The van der Waals surface area contributed by atoms with E-state index in [1.807, 2.05) is 25.1 Å². The van der Waals surface area contributed by atoms with Gasteiger partial charge in [-0.3, -0.25) is 0 Å². The van der Waals surface area contributed by atoms with Gasteiger partial charge in [0.25, 0.3) is 0 Å². The summed E-state index contributed by atoms with van der Waals surface area (Å²) in [5.74, 6) is 0.967. The third kappa shape index (κ3) is 4.64. The van der Waals surface area contributed by atoms with E-state index in [1.54, 1.807) is 7.11 Å². The molecule has 3 nitrogen and oxygen atoms in total. The molecule has 1 aromatic carbocycles. The van der Waals surface area contributed by atoms with Crippen LogP contribution in [0, 0.1) is 0 Å². The van der Waals surface area contributed by atoms with E-state index in [0.717, 1.165) is 38.5 Å². The lowest BCUT2D eigenvalue weighted by molar-refractivity contribution is 0.149. The van der Waals surface area contributed by atoms with Crippen molar-refractivity contribution in [3.63, 3.8) is 0 Å². The highest BCUT2D eigenvalue weighted by Crippen LogP contribution is 2.16. The predicted molar refractivity (Wildman–Crippen MR) is 66.1 cm³/mol. The molecule has 0 fully saturated rings. The average Bonchev–Trinajstić information content (AvgIpc) is 2.34. The highest BCUT2D eigenvalue weighted by atomic mass is 16.5. The first-order valence-corrected chi connectivity index (χ1v) is 5.78. The Labute approximate surface area is 97.8 Å². The van der Waals surface area contributed by atoms with Gasteiger partial charge in [0.1, 0.15) is 5.75 Å². The van der Waals surface area contributed by atoms with E-state index in [0.29, 0.717) is 0 Å². The smallest absolute Gasteiger partial charge is 0.122 e. The second-order valence-electron chi connectivity index (χ2n) is 3.51. The molecule has 1 aromatic rings. The third-order valence-corrected chi connectivity index (χ3v) is 2.39. The van der Waals surface area contributed by atoms with E-state index in [4.69, 9.17) is 9.47 Å². The van der Waals surface area contributed by atoms with Gasteiger partial charge in [0.2, 0.25) is 0 Å². The molecule has 0 unspecified atom stereocenters. The van der Waals surface area contributed by atoms with Gasteiger partial charge in [0.05, 0.1) is 13.7 Å². The Morgan fingerprint density at radius 1 is 1.19 bits per heavy atom. The van der Waals surface area contributed by atoms with E-state index >= 15 is 0 Å². The Bertz CT molecular complexity index is 289. The Morgan fingerprint density at radius 3 is 2.75 bits per heavy atom. The van der Waals surface area contributed by atoms with Crippen LogP contribution in [0.5, 0.6) is 5.75 Å². The number of hydrogen-bond acceptors (Lipinski definition) is 3. The van der Waals surface area contributed by atoms with Gasteiger partial charge in [-0.05, 0) is 31.5 Å². The zero-order valence-corrected chi connectivity index (χ0v) is 10.2. The molecule has 0 bridgehead atoms. The van der Waals surface area contributed by atoms with Crippen molar-refractivity contribution in [2.45, 2.75) is 13.3 Å². The van der Waals surface area contributed by atoms with E-state index < -0.39 is 0 Å². The molecule has 0 aliphatic rings. The molecule has 0 aromatic heterocycles. The second kappa shape index (κ2) is 8.13. The molecule has 3 heteroatoms. The van der Waals surface area contributed by atoms with Crippen LogP contribution >= 0.6 is 0 Å². The van der Waals surface area contributed by atoms with Gasteiger partial charge in [0.15, 0.2) is 0 Å². The normalized spacial score (nSPS) is 10.4. The van der Waals surface area contributed by atoms with Crippen LogP contribution in [0.3, 0.4) is 0 Å². The Morgan fingerprint density at radius 2 is 2.00 bits per heavy atom. The number of benzene rings is 1. The summed E-state index contributed by atoms with van der Waals surface area (Å²) in [7, 11) is 1.71. The summed E-state index contributed by atoms with van der Waals surface area (Å²) >= 11 is 0. The molecule has 0 spiro atoms. The van der Waals surface area contributed by atoms with Crippen LogP contribution in [0.2, 0.25) is 0 Å². The van der Waals surface area contributed by atoms with Gasteiger partial charge < -0.3 is 14.8 Å². The monoisotopic (exact) mass is 223 g/mol. The summed E-state index contributed by atoms with van der Waals surface area (Å²) in [6.45, 7) is 5.43. The molecule has 90 valence electrons. The number of nitrogens with one attached hydrogen (secondary N) is 1. The van der Waals surface area contributed by atoms with Crippen LogP contribution < -0.4 is 10.1 Å². The number of methoxy groups -OCH3 is 1. The topological polar surface area (TPSA) is 30.5 Å². The minimum Gasteiger partial charge on any atom is -0.496 e. The maximum atomic E-state index is 5.29. The van der Waals surface area contributed by atoms with Crippen molar-refractivity contribution in [3.8, 4) is 5.75 Å². The maximum absolute atomic E-state index is 5.29. The first kappa shape index (κ1) is 13.0. The maximum Gasteiger partial charge on any atom is 0.122 e. The molecule has 0 amide bonds. The number of hydrogen-bond donors (Lipinski definition) is 1. The molecule has 16 heavy (non-hydrogen) atoms. The number of para-hydroxylation sites is 1. The van der Waals surface area contributed by atoms with Crippen LogP contribution in [-0.4, -0.2) is 33.4 Å². The van der Waals surface area contributed by atoms with Gasteiger partial charge in [-0.25, -0.2) is 0 Å². The van der Waals surface area contributed by atoms with E-state index in [9.17, 15) is 0 Å². The zero-order valence-electron chi connectivity index (χ0n) is 10.2. The SMILES string of the molecule is CCOCCNCCc1ccccc1OC. The molecule has 0 saturated heterocycles. The first-order chi connectivity index (χ1) is 7.88. The van der Waals surface area contributed by atoms with Crippen molar-refractivity contribution in [3.05, 3.63) is 29.8 Å². The van der Waals surface area contributed by atoms with Crippen molar-refractivity contribution in [1.82, 2.24) is 5.32 Å². The Balaban J connectivity index is 2.21. The lowest BCUT2D eigenvalue weighted by Gasteiger charge is -2.08. The van der Waals surface area contributed by atoms with Crippen molar-refractivity contribution in [2.75, 3.05) is 33.4 Å². The van der Waals surface area contributed by atoms with Crippen LogP contribution in [0.1, 0.15) is 12.5 Å². The van der Waals surface area contributed by atoms with Crippen molar-refractivity contribution in [1.29, 1.82) is 0 Å². The van der Waals surface area contributed by atoms with Crippen molar-refractivity contribution < 1.29 is 9.47 Å². The van der Waals surface area contributed by atoms with Crippen molar-refractivity contribution in [2.24, 2.45) is 0 Å². The molecule has 1 N–H and O–H groups in total. The molecule has 0 radical (unpaired) electrons. The summed E-state index contributed by atoms with van der Waals surface area (Å²) in [4.78, 5) is 0. The summed E-state index contributed by atoms with van der Waals surface area (Å²) in [5, 5.41) is 3.34. The minimum absolute atomic E-state index is 0.780. The molecule has 0 aliphatic heterocycles. The molecular formula is C13H21NO2. The van der Waals surface area contributed by atoms with Gasteiger partial charge in [-0.2, -0.15) is 0 Å². The summed E-state index contributed by atoms with van der Waals surface area (Å²) in [6.07, 6.45) is 0.982. The first-order valence-electron chi connectivity index (χ1n) is 5.78. The Kier molecular flexibility index (Phi) is 6.61. The highest BCUT2D eigenvalue weighted by Gasteiger charge is 2.00. The van der Waals surface area contributed by atoms with Gasteiger partial charge >= 0.3 is 0 Å². The van der Waals surface area contributed by atoms with E-state index in [1.165, 1.54) is 5.56 Å². The number of ether oxygens (including phenoxy) is 2.